The van der Waals surface area contributed by atoms with E-state index >= 15 is 0 Å². The van der Waals surface area contributed by atoms with Crippen LogP contribution in [0.3, 0.4) is 0 Å². The Morgan fingerprint density at radius 1 is 1.00 bits per heavy atom. The van der Waals surface area contributed by atoms with Gasteiger partial charge in [0.2, 0.25) is 0 Å². The van der Waals surface area contributed by atoms with E-state index in [4.69, 9.17) is 4.74 Å². The van der Waals surface area contributed by atoms with Gasteiger partial charge >= 0.3 is 0 Å². The number of anilines is 1. The Bertz CT molecular complexity index is 1280. The highest BCUT2D eigenvalue weighted by molar-refractivity contribution is 6.51. The van der Waals surface area contributed by atoms with Crippen molar-refractivity contribution in [3.8, 4) is 5.75 Å². The number of hydrogen-bond acceptors (Lipinski definition) is 6. The molecule has 8 nitrogen and oxygen atoms in total. The van der Waals surface area contributed by atoms with Crippen LogP contribution < -0.4 is 9.64 Å². The van der Waals surface area contributed by atoms with Crippen LogP contribution in [0, 0.1) is 10.1 Å². The summed E-state index contributed by atoms with van der Waals surface area (Å²) in [6, 6.07) is 20.0. The lowest BCUT2D eigenvalue weighted by Crippen LogP contribution is -2.29. The highest BCUT2D eigenvalue weighted by atomic mass is 16.6. The fourth-order valence-electron chi connectivity index (χ4n) is 3.93. The normalized spacial score (nSPS) is 17.3. The summed E-state index contributed by atoms with van der Waals surface area (Å²) in [6.45, 7) is 3.80. The van der Waals surface area contributed by atoms with E-state index in [1.54, 1.807) is 54.6 Å². The number of ketones is 1. The maximum Gasteiger partial charge on any atom is 0.300 e. The van der Waals surface area contributed by atoms with Crippen molar-refractivity contribution in [2.75, 3.05) is 4.90 Å². The molecule has 1 N–H and O–H groups in total. The molecular formula is C26H22N2O6. The van der Waals surface area contributed by atoms with Crippen LogP contribution in [0.1, 0.15) is 31.0 Å². The minimum absolute atomic E-state index is 0.0327. The smallest absolute Gasteiger partial charge is 0.300 e. The van der Waals surface area contributed by atoms with Gasteiger partial charge in [-0.15, -0.1) is 0 Å². The second kappa shape index (κ2) is 9.19. The van der Waals surface area contributed by atoms with Crippen molar-refractivity contribution < 1.29 is 24.4 Å². The molecule has 8 heteroatoms. The number of nitro benzene ring substituents is 1. The van der Waals surface area contributed by atoms with Crippen LogP contribution >= 0.6 is 0 Å². The van der Waals surface area contributed by atoms with Crippen LogP contribution in [0.15, 0.2) is 84.4 Å². The van der Waals surface area contributed by atoms with Crippen LogP contribution in [0.5, 0.6) is 5.75 Å². The molecule has 1 saturated heterocycles. The van der Waals surface area contributed by atoms with Gasteiger partial charge in [-0.1, -0.05) is 42.5 Å². The molecule has 4 rings (SSSR count). The molecular weight excluding hydrogens is 436 g/mol. The van der Waals surface area contributed by atoms with Gasteiger partial charge < -0.3 is 9.84 Å². The van der Waals surface area contributed by atoms with Crippen molar-refractivity contribution in [2.45, 2.75) is 26.0 Å². The Labute approximate surface area is 195 Å². The SMILES string of the molecule is CC(C)Oc1ccc(C2/C(=C(/O)c3cccc([N+](=O)[O-])c3)C(=O)C(=O)N2c2ccccc2)cc1. The average molecular weight is 458 g/mol. The van der Waals surface area contributed by atoms with Crippen molar-refractivity contribution in [3.63, 3.8) is 0 Å². The Morgan fingerprint density at radius 2 is 1.68 bits per heavy atom. The van der Waals surface area contributed by atoms with Crippen LogP contribution in [-0.2, 0) is 9.59 Å². The highest BCUT2D eigenvalue weighted by Gasteiger charge is 2.47. The number of hydrogen-bond donors (Lipinski definition) is 1. The zero-order valence-corrected chi connectivity index (χ0v) is 18.5. The Balaban J connectivity index is 1.89. The van der Waals surface area contributed by atoms with E-state index in [0.717, 1.165) is 0 Å². The summed E-state index contributed by atoms with van der Waals surface area (Å²) in [5.41, 5.74) is 0.742. The Kier molecular flexibility index (Phi) is 6.14. The van der Waals surface area contributed by atoms with Crippen LogP contribution in [0.25, 0.3) is 5.76 Å². The minimum Gasteiger partial charge on any atom is -0.507 e. The number of non-ortho nitro benzene ring substituents is 1. The molecule has 172 valence electrons. The first-order valence-corrected chi connectivity index (χ1v) is 10.7. The zero-order valence-electron chi connectivity index (χ0n) is 18.5. The van der Waals surface area contributed by atoms with Gasteiger partial charge in [0.1, 0.15) is 11.5 Å². The van der Waals surface area contributed by atoms with Crippen molar-refractivity contribution in [2.24, 2.45) is 0 Å². The first-order chi connectivity index (χ1) is 16.3. The molecule has 1 atom stereocenters. The lowest BCUT2D eigenvalue weighted by atomic mass is 9.95. The first-order valence-electron chi connectivity index (χ1n) is 10.7. The summed E-state index contributed by atoms with van der Waals surface area (Å²) in [6.07, 6.45) is -0.0327. The quantitative estimate of drug-likeness (QED) is 0.183. The summed E-state index contributed by atoms with van der Waals surface area (Å²) in [5.74, 6) is -1.53. The van der Waals surface area contributed by atoms with Crippen molar-refractivity contribution in [1.29, 1.82) is 0 Å². The first kappa shape index (κ1) is 22.7. The van der Waals surface area contributed by atoms with Crippen molar-refractivity contribution >= 4 is 28.8 Å². The second-order valence-corrected chi connectivity index (χ2v) is 8.05. The number of para-hydroxylation sites is 1. The standard InChI is InChI=1S/C26H22N2O6/c1-16(2)34-21-13-11-17(12-14-21)23-22(24(29)18-7-6-10-20(15-18)28(32)33)25(30)26(31)27(23)19-8-4-3-5-9-19/h3-16,23,29H,1-2H3/b24-22-. The third kappa shape index (κ3) is 4.25. The zero-order chi connectivity index (χ0) is 24.4. The number of aliphatic hydroxyl groups excluding tert-OH is 1. The molecule has 0 saturated carbocycles. The van der Waals surface area contributed by atoms with Gasteiger partial charge in [0.15, 0.2) is 0 Å². The van der Waals surface area contributed by atoms with Gasteiger partial charge in [0.25, 0.3) is 17.4 Å². The molecule has 1 fully saturated rings. The summed E-state index contributed by atoms with van der Waals surface area (Å²) < 4.78 is 5.69. The highest BCUT2D eigenvalue weighted by Crippen LogP contribution is 2.42. The molecule has 0 aliphatic carbocycles. The summed E-state index contributed by atoms with van der Waals surface area (Å²) >= 11 is 0. The van der Waals surface area contributed by atoms with Crippen molar-refractivity contribution in [1.82, 2.24) is 0 Å². The van der Waals surface area contributed by atoms with Gasteiger partial charge in [-0.25, -0.2) is 0 Å². The van der Waals surface area contributed by atoms with Gasteiger partial charge in [-0.2, -0.15) is 0 Å². The van der Waals surface area contributed by atoms with Gasteiger partial charge in [0, 0.05) is 23.4 Å². The number of carbonyl (C=O) groups is 2. The van der Waals surface area contributed by atoms with Crippen molar-refractivity contribution in [3.05, 3.63) is 106 Å². The largest absolute Gasteiger partial charge is 0.507 e. The van der Waals surface area contributed by atoms with Crippen LogP contribution in [0.2, 0.25) is 0 Å². The van der Waals surface area contributed by atoms with E-state index < -0.39 is 28.4 Å². The number of ether oxygens (including phenoxy) is 1. The molecule has 1 aliphatic heterocycles. The lowest BCUT2D eigenvalue weighted by Gasteiger charge is -2.25. The molecule has 0 bridgehead atoms. The predicted octanol–water partition coefficient (Wildman–Crippen LogP) is 5.01. The summed E-state index contributed by atoms with van der Waals surface area (Å²) in [4.78, 5) is 38.2. The van der Waals surface area contributed by atoms with Crippen LogP contribution in [0.4, 0.5) is 11.4 Å². The molecule has 34 heavy (non-hydrogen) atoms. The maximum absolute atomic E-state index is 13.2. The van der Waals surface area contributed by atoms with Gasteiger partial charge in [-0.3, -0.25) is 24.6 Å². The number of Topliss-reactive ketones (excluding diaryl/α,β-unsaturated/α-hetero) is 1. The molecule has 1 heterocycles. The molecule has 1 unspecified atom stereocenters. The predicted molar refractivity (Wildman–Crippen MR) is 127 cm³/mol. The third-order valence-electron chi connectivity index (χ3n) is 5.38. The number of carbonyl (C=O) groups excluding carboxylic acids is 2. The molecule has 3 aromatic rings. The molecule has 0 spiro atoms. The minimum atomic E-state index is -0.935. The second-order valence-electron chi connectivity index (χ2n) is 8.05. The average Bonchev–Trinajstić information content (AvgIpc) is 3.09. The van der Waals surface area contributed by atoms with E-state index in [2.05, 4.69) is 0 Å². The summed E-state index contributed by atoms with van der Waals surface area (Å²) in [5, 5.41) is 22.3. The molecule has 3 aromatic carbocycles. The Hall–Kier alpha value is -4.46. The van der Waals surface area contributed by atoms with E-state index in [0.29, 0.717) is 17.0 Å². The van der Waals surface area contributed by atoms with Gasteiger partial charge in [-0.05, 0) is 43.7 Å². The van der Waals surface area contributed by atoms with E-state index in [9.17, 15) is 24.8 Å². The number of rotatable bonds is 6. The fourth-order valence-corrected chi connectivity index (χ4v) is 3.93. The maximum atomic E-state index is 13.2. The molecule has 0 radical (unpaired) electrons. The monoisotopic (exact) mass is 458 g/mol. The van der Waals surface area contributed by atoms with Gasteiger partial charge in [0.05, 0.1) is 22.6 Å². The number of amides is 1. The Morgan fingerprint density at radius 3 is 2.29 bits per heavy atom. The van der Waals surface area contributed by atoms with E-state index in [1.165, 1.54) is 29.2 Å². The molecule has 0 aromatic heterocycles. The number of aliphatic hydroxyl groups is 1. The number of nitrogens with zero attached hydrogens (tertiary/aromatic N) is 2. The fraction of sp³-hybridized carbons (Fsp3) is 0.154. The lowest BCUT2D eigenvalue weighted by molar-refractivity contribution is -0.384. The van der Waals surface area contributed by atoms with Crippen LogP contribution in [-0.4, -0.2) is 27.8 Å². The van der Waals surface area contributed by atoms with E-state index in [-0.39, 0.29) is 22.9 Å². The molecule has 1 amide bonds. The third-order valence-corrected chi connectivity index (χ3v) is 5.38. The molecule has 1 aliphatic rings. The van der Waals surface area contributed by atoms with E-state index in [1.807, 2.05) is 13.8 Å². The summed E-state index contributed by atoms with van der Waals surface area (Å²) in [7, 11) is 0. The number of nitro groups is 1. The topological polar surface area (TPSA) is 110 Å². The number of benzene rings is 3.